The zero-order chi connectivity index (χ0) is 18.1. The second kappa shape index (κ2) is 5.22. The summed E-state index contributed by atoms with van der Waals surface area (Å²) < 4.78 is 1.66. The maximum atomic E-state index is 12.8. The number of hydrogen-bond acceptors (Lipinski definition) is 5. The van der Waals surface area contributed by atoms with Crippen molar-refractivity contribution < 1.29 is 9.59 Å². The Bertz CT molecular complexity index is 1120. The van der Waals surface area contributed by atoms with E-state index in [4.69, 9.17) is 0 Å². The summed E-state index contributed by atoms with van der Waals surface area (Å²) in [5.41, 5.74) is 1.61. The van der Waals surface area contributed by atoms with Crippen molar-refractivity contribution in [3.05, 3.63) is 48.6 Å². The molecule has 2 fully saturated rings. The van der Waals surface area contributed by atoms with E-state index < -0.39 is 0 Å². The molecule has 2 bridgehead atoms. The number of carbonyl (C=O) groups is 2. The van der Waals surface area contributed by atoms with Crippen molar-refractivity contribution in [3.63, 3.8) is 0 Å². The molecule has 2 aliphatic carbocycles. The van der Waals surface area contributed by atoms with E-state index in [1.807, 2.05) is 24.3 Å². The van der Waals surface area contributed by atoms with Crippen LogP contribution in [0.25, 0.3) is 16.6 Å². The van der Waals surface area contributed by atoms with Crippen LogP contribution in [0.15, 0.2) is 42.7 Å². The first-order valence-corrected chi connectivity index (χ1v) is 9.33. The Morgan fingerprint density at radius 2 is 1.78 bits per heavy atom. The third-order valence-corrected chi connectivity index (χ3v) is 6.25. The summed E-state index contributed by atoms with van der Waals surface area (Å²) >= 11 is 0. The maximum Gasteiger partial charge on any atom is 0.233 e. The minimum Gasteiger partial charge on any atom is -0.282 e. The fourth-order valence-corrected chi connectivity index (χ4v) is 5.03. The molecule has 4 atom stereocenters. The van der Waals surface area contributed by atoms with Crippen molar-refractivity contribution in [3.8, 4) is 0 Å². The molecule has 27 heavy (non-hydrogen) atoms. The molecule has 7 heteroatoms. The fourth-order valence-electron chi connectivity index (χ4n) is 5.03. The number of allylic oxidation sites excluding steroid dienone is 2. The minimum absolute atomic E-state index is 0.0160. The van der Waals surface area contributed by atoms with E-state index in [1.165, 1.54) is 4.90 Å². The number of rotatable bonds is 3. The largest absolute Gasteiger partial charge is 0.282 e. The van der Waals surface area contributed by atoms with E-state index >= 15 is 0 Å². The summed E-state index contributed by atoms with van der Waals surface area (Å²) in [6.45, 7) is 0.340. The van der Waals surface area contributed by atoms with Gasteiger partial charge in [0.1, 0.15) is 6.33 Å². The van der Waals surface area contributed by atoms with Gasteiger partial charge in [-0.25, -0.2) is 14.5 Å². The van der Waals surface area contributed by atoms with Crippen LogP contribution in [-0.4, -0.2) is 42.8 Å². The van der Waals surface area contributed by atoms with Crippen LogP contribution in [0.5, 0.6) is 0 Å². The summed E-state index contributed by atoms with van der Waals surface area (Å²) in [7, 11) is 0. The molecule has 2 aromatic heterocycles. The molecule has 134 valence electrons. The number of benzene rings is 1. The van der Waals surface area contributed by atoms with Crippen molar-refractivity contribution in [2.45, 2.75) is 12.8 Å². The van der Waals surface area contributed by atoms with Crippen LogP contribution in [0, 0.1) is 23.7 Å². The number of hydrogen-bond donors (Lipinski definition) is 0. The topological polar surface area (TPSA) is 80.5 Å². The SMILES string of the molecule is O=C1[C@@H]2[C@H](C(=O)N1CCc1nc3c4ccccc4ncn3n1)[C@H]1C=C[C@H]2C1. The molecule has 3 aliphatic rings. The van der Waals surface area contributed by atoms with Crippen LogP contribution in [0.4, 0.5) is 0 Å². The molecule has 0 spiro atoms. The van der Waals surface area contributed by atoms with Crippen molar-refractivity contribution in [1.82, 2.24) is 24.5 Å². The lowest BCUT2D eigenvalue weighted by Crippen LogP contribution is -2.34. The Morgan fingerprint density at radius 1 is 1.04 bits per heavy atom. The second-order valence-electron chi connectivity index (χ2n) is 7.64. The van der Waals surface area contributed by atoms with Crippen LogP contribution in [-0.2, 0) is 16.0 Å². The highest BCUT2D eigenvalue weighted by molar-refractivity contribution is 6.06. The molecule has 1 aliphatic heterocycles. The van der Waals surface area contributed by atoms with E-state index in [0.717, 1.165) is 23.0 Å². The van der Waals surface area contributed by atoms with Gasteiger partial charge in [-0.05, 0) is 30.4 Å². The summed E-state index contributed by atoms with van der Waals surface area (Å²) in [5.74, 6) is 0.783. The average Bonchev–Trinajstić information content (AvgIpc) is 3.44. The highest BCUT2D eigenvalue weighted by atomic mass is 16.2. The number of aromatic nitrogens is 4. The summed E-state index contributed by atoms with van der Waals surface area (Å²) in [5, 5.41) is 5.40. The number of fused-ring (bicyclic) bond motifs is 8. The smallest absolute Gasteiger partial charge is 0.233 e. The molecule has 7 nitrogen and oxygen atoms in total. The number of para-hydroxylation sites is 1. The monoisotopic (exact) mass is 359 g/mol. The Morgan fingerprint density at radius 3 is 2.56 bits per heavy atom. The van der Waals surface area contributed by atoms with Gasteiger partial charge in [0.2, 0.25) is 11.8 Å². The first kappa shape index (κ1) is 15.0. The van der Waals surface area contributed by atoms with E-state index in [-0.39, 0.29) is 35.5 Å². The van der Waals surface area contributed by atoms with Gasteiger partial charge in [-0.3, -0.25) is 14.5 Å². The zero-order valence-electron chi connectivity index (χ0n) is 14.5. The molecule has 0 N–H and O–H groups in total. The van der Waals surface area contributed by atoms with Gasteiger partial charge in [0.15, 0.2) is 11.5 Å². The van der Waals surface area contributed by atoms with Gasteiger partial charge in [0.25, 0.3) is 0 Å². The molecule has 1 saturated carbocycles. The van der Waals surface area contributed by atoms with Gasteiger partial charge < -0.3 is 0 Å². The van der Waals surface area contributed by atoms with E-state index in [0.29, 0.717) is 18.8 Å². The van der Waals surface area contributed by atoms with Crippen LogP contribution in [0.3, 0.4) is 0 Å². The highest BCUT2D eigenvalue weighted by Gasteiger charge is 2.58. The Kier molecular flexibility index (Phi) is 2.90. The number of likely N-dealkylation sites (tertiary alicyclic amines) is 1. The van der Waals surface area contributed by atoms with Gasteiger partial charge in [0.05, 0.1) is 17.4 Å². The number of nitrogens with zero attached hydrogens (tertiary/aromatic N) is 5. The Balaban J connectivity index is 1.27. The highest BCUT2D eigenvalue weighted by Crippen LogP contribution is 2.52. The quantitative estimate of drug-likeness (QED) is 0.524. The lowest BCUT2D eigenvalue weighted by Gasteiger charge is -2.16. The lowest BCUT2D eigenvalue weighted by atomic mass is 9.85. The van der Waals surface area contributed by atoms with Gasteiger partial charge in [-0.15, -0.1) is 5.10 Å². The number of carbonyl (C=O) groups excluding carboxylic acids is 2. The molecular weight excluding hydrogens is 342 g/mol. The molecule has 2 amide bonds. The molecule has 3 aromatic rings. The fraction of sp³-hybridized carbons (Fsp3) is 0.350. The molecule has 3 heterocycles. The lowest BCUT2D eigenvalue weighted by molar-refractivity contribution is -0.140. The third-order valence-electron chi connectivity index (χ3n) is 6.25. The maximum absolute atomic E-state index is 12.8. The summed E-state index contributed by atoms with van der Waals surface area (Å²) in [4.78, 5) is 36.0. The van der Waals surface area contributed by atoms with Gasteiger partial charge >= 0.3 is 0 Å². The zero-order valence-corrected chi connectivity index (χ0v) is 14.5. The van der Waals surface area contributed by atoms with E-state index in [9.17, 15) is 9.59 Å². The average molecular weight is 359 g/mol. The Labute approximate surface area is 154 Å². The normalized spacial score (nSPS) is 28.8. The minimum atomic E-state index is -0.144. The second-order valence-corrected chi connectivity index (χ2v) is 7.64. The summed E-state index contributed by atoms with van der Waals surface area (Å²) in [6.07, 6.45) is 7.28. The number of amides is 2. The molecule has 0 radical (unpaired) electrons. The first-order valence-electron chi connectivity index (χ1n) is 9.33. The number of imide groups is 1. The Hall–Kier alpha value is -3.09. The van der Waals surface area contributed by atoms with Gasteiger partial charge in [0, 0.05) is 18.4 Å². The van der Waals surface area contributed by atoms with Crippen LogP contribution in [0.1, 0.15) is 12.2 Å². The predicted octanol–water partition coefficient (Wildman–Crippen LogP) is 1.63. The first-order chi connectivity index (χ1) is 13.2. The van der Waals surface area contributed by atoms with Gasteiger partial charge in [-0.1, -0.05) is 24.3 Å². The van der Waals surface area contributed by atoms with Crippen LogP contribution in [0.2, 0.25) is 0 Å². The molecule has 1 saturated heterocycles. The van der Waals surface area contributed by atoms with Crippen molar-refractivity contribution in [2.24, 2.45) is 23.7 Å². The van der Waals surface area contributed by atoms with Crippen LogP contribution >= 0.6 is 0 Å². The van der Waals surface area contributed by atoms with E-state index in [2.05, 4.69) is 27.2 Å². The molecular formula is C20H17N5O2. The molecule has 0 unspecified atom stereocenters. The van der Waals surface area contributed by atoms with Crippen molar-refractivity contribution >= 4 is 28.4 Å². The third kappa shape index (κ3) is 1.99. The van der Waals surface area contributed by atoms with Crippen molar-refractivity contribution in [2.75, 3.05) is 6.54 Å². The molecule has 1 aromatic carbocycles. The van der Waals surface area contributed by atoms with Crippen LogP contribution < -0.4 is 0 Å². The predicted molar refractivity (Wildman–Crippen MR) is 96.4 cm³/mol. The van der Waals surface area contributed by atoms with Gasteiger partial charge in [-0.2, -0.15) is 0 Å². The summed E-state index contributed by atoms with van der Waals surface area (Å²) in [6, 6.07) is 7.79. The standard InChI is InChI=1S/C20H17N5O2/c26-19-16-11-5-6-12(9-11)17(16)20(27)24(19)8-7-15-22-18-13-3-1-2-4-14(13)21-10-25(18)23-15/h1-6,10-12,16-17H,7-9H2/t11-,12-,16-,17+/m0/s1. The van der Waals surface area contributed by atoms with E-state index in [1.54, 1.807) is 10.8 Å². The van der Waals surface area contributed by atoms with Crippen molar-refractivity contribution in [1.29, 1.82) is 0 Å². The molecule has 6 rings (SSSR count).